The minimum atomic E-state index is -0.967. The first-order valence-corrected chi connectivity index (χ1v) is 8.85. The van der Waals surface area contributed by atoms with Crippen LogP contribution >= 0.6 is 0 Å². The van der Waals surface area contributed by atoms with E-state index in [4.69, 9.17) is 0 Å². The molecule has 7 nitrogen and oxygen atoms in total. The van der Waals surface area contributed by atoms with Crippen LogP contribution in [0.15, 0.2) is 18.5 Å². The number of nitrogens with zero attached hydrogens (tertiary/aromatic N) is 5. The Bertz CT molecular complexity index is 750. The van der Waals surface area contributed by atoms with Gasteiger partial charge >= 0.3 is 0 Å². The standard InChI is InChI=1S/C18H27N5O2/c1-13(2)23-14(3)10-16(15(23)4)17(24)21-8-5-6-18(25,11-21)12-22-9-7-19-20-22/h7,9-10,13,25H,5-6,8,11-12H2,1-4H3. The number of piperidine rings is 1. The van der Waals surface area contributed by atoms with E-state index in [2.05, 4.69) is 28.7 Å². The number of aromatic nitrogens is 4. The molecule has 1 aliphatic heterocycles. The Balaban J connectivity index is 1.79. The van der Waals surface area contributed by atoms with E-state index in [1.165, 1.54) is 0 Å². The molecule has 0 spiro atoms. The molecule has 1 unspecified atom stereocenters. The number of likely N-dealkylation sites (tertiary alicyclic amines) is 1. The maximum Gasteiger partial charge on any atom is 0.255 e. The fraction of sp³-hybridized carbons (Fsp3) is 0.611. The van der Waals surface area contributed by atoms with E-state index >= 15 is 0 Å². The van der Waals surface area contributed by atoms with E-state index in [1.807, 2.05) is 19.9 Å². The molecule has 3 heterocycles. The Kier molecular flexibility index (Phi) is 4.69. The monoisotopic (exact) mass is 345 g/mol. The smallest absolute Gasteiger partial charge is 0.255 e. The molecule has 1 fully saturated rings. The maximum absolute atomic E-state index is 13.1. The van der Waals surface area contributed by atoms with Gasteiger partial charge in [-0.15, -0.1) is 5.10 Å². The van der Waals surface area contributed by atoms with Gasteiger partial charge in [-0.25, -0.2) is 4.68 Å². The van der Waals surface area contributed by atoms with E-state index in [0.717, 1.165) is 23.4 Å². The summed E-state index contributed by atoms with van der Waals surface area (Å²) in [6.07, 6.45) is 4.76. The Hall–Kier alpha value is -2.15. The highest BCUT2D eigenvalue weighted by Crippen LogP contribution is 2.27. The van der Waals surface area contributed by atoms with Gasteiger partial charge in [0.05, 0.1) is 24.8 Å². The first kappa shape index (κ1) is 17.7. The van der Waals surface area contributed by atoms with E-state index in [9.17, 15) is 9.90 Å². The van der Waals surface area contributed by atoms with Gasteiger partial charge in [-0.3, -0.25) is 4.79 Å². The lowest BCUT2D eigenvalue weighted by molar-refractivity contribution is -0.0387. The van der Waals surface area contributed by atoms with E-state index in [1.54, 1.807) is 22.0 Å². The van der Waals surface area contributed by atoms with Crippen molar-refractivity contribution in [1.82, 2.24) is 24.5 Å². The van der Waals surface area contributed by atoms with Gasteiger partial charge in [0.1, 0.15) is 5.60 Å². The Morgan fingerprint density at radius 2 is 2.16 bits per heavy atom. The summed E-state index contributed by atoms with van der Waals surface area (Å²) in [4.78, 5) is 14.8. The second kappa shape index (κ2) is 6.63. The van der Waals surface area contributed by atoms with Crippen LogP contribution in [-0.4, -0.2) is 54.2 Å². The first-order valence-electron chi connectivity index (χ1n) is 8.85. The van der Waals surface area contributed by atoms with Crippen LogP contribution in [-0.2, 0) is 6.54 Å². The molecule has 2 aromatic rings. The summed E-state index contributed by atoms with van der Waals surface area (Å²) in [5, 5.41) is 18.7. The summed E-state index contributed by atoms with van der Waals surface area (Å²) in [5.41, 5.74) is 1.84. The summed E-state index contributed by atoms with van der Waals surface area (Å²) in [5.74, 6) is -0.00304. The fourth-order valence-corrected chi connectivity index (χ4v) is 3.99. The number of aliphatic hydroxyl groups is 1. The van der Waals surface area contributed by atoms with Crippen molar-refractivity contribution in [2.24, 2.45) is 0 Å². The minimum Gasteiger partial charge on any atom is -0.386 e. The van der Waals surface area contributed by atoms with Crippen LogP contribution in [0.2, 0.25) is 0 Å². The van der Waals surface area contributed by atoms with E-state index < -0.39 is 5.60 Å². The number of aryl methyl sites for hydroxylation is 1. The molecule has 0 bridgehead atoms. The summed E-state index contributed by atoms with van der Waals surface area (Å²) in [6, 6.07) is 2.27. The highest BCUT2D eigenvalue weighted by Gasteiger charge is 2.37. The van der Waals surface area contributed by atoms with Crippen LogP contribution in [0.3, 0.4) is 0 Å². The Labute approximate surface area is 148 Å². The molecule has 7 heteroatoms. The van der Waals surface area contributed by atoms with Gasteiger partial charge in [-0.1, -0.05) is 5.21 Å². The second-order valence-corrected chi connectivity index (χ2v) is 7.40. The lowest BCUT2D eigenvalue weighted by Crippen LogP contribution is -2.52. The molecule has 3 rings (SSSR count). The SMILES string of the molecule is Cc1cc(C(=O)N2CCCC(O)(Cn3ccnn3)C2)c(C)n1C(C)C. The van der Waals surface area contributed by atoms with Crippen molar-refractivity contribution in [2.75, 3.05) is 13.1 Å². The molecule has 0 aliphatic carbocycles. The lowest BCUT2D eigenvalue weighted by Gasteiger charge is -2.39. The number of rotatable bonds is 4. The first-order chi connectivity index (χ1) is 11.8. The molecular formula is C18H27N5O2. The zero-order chi connectivity index (χ0) is 18.2. The molecule has 1 N–H and O–H groups in total. The molecule has 136 valence electrons. The van der Waals surface area contributed by atoms with Gasteiger partial charge in [0.2, 0.25) is 0 Å². The molecule has 2 aromatic heterocycles. The maximum atomic E-state index is 13.1. The number of carbonyl (C=O) groups excluding carboxylic acids is 1. The number of amides is 1. The van der Waals surface area contributed by atoms with Crippen molar-refractivity contribution in [3.8, 4) is 0 Å². The summed E-state index contributed by atoms with van der Waals surface area (Å²) in [6.45, 7) is 9.59. The zero-order valence-electron chi connectivity index (χ0n) is 15.4. The minimum absolute atomic E-state index is 0.00304. The summed E-state index contributed by atoms with van der Waals surface area (Å²) >= 11 is 0. The third-order valence-electron chi connectivity index (χ3n) is 5.00. The highest BCUT2D eigenvalue weighted by molar-refractivity contribution is 5.95. The average molecular weight is 345 g/mol. The van der Waals surface area contributed by atoms with Crippen molar-refractivity contribution in [2.45, 2.75) is 58.7 Å². The van der Waals surface area contributed by atoms with Gasteiger partial charge in [-0.05, 0) is 46.6 Å². The van der Waals surface area contributed by atoms with Gasteiger partial charge < -0.3 is 14.6 Å². The Morgan fingerprint density at radius 3 is 2.76 bits per heavy atom. The second-order valence-electron chi connectivity index (χ2n) is 7.40. The van der Waals surface area contributed by atoms with Crippen molar-refractivity contribution >= 4 is 5.91 Å². The van der Waals surface area contributed by atoms with Gasteiger partial charge in [0.25, 0.3) is 5.91 Å². The van der Waals surface area contributed by atoms with Gasteiger partial charge in [0, 0.05) is 30.2 Å². The van der Waals surface area contributed by atoms with E-state index in [0.29, 0.717) is 32.1 Å². The predicted octanol–water partition coefficient (Wildman–Crippen LogP) is 1.94. The lowest BCUT2D eigenvalue weighted by atomic mass is 9.92. The van der Waals surface area contributed by atoms with E-state index in [-0.39, 0.29) is 5.91 Å². The molecular weight excluding hydrogens is 318 g/mol. The van der Waals surface area contributed by atoms with Crippen LogP contribution in [0.5, 0.6) is 0 Å². The third kappa shape index (κ3) is 3.46. The molecule has 1 atom stereocenters. The summed E-state index contributed by atoms with van der Waals surface area (Å²) < 4.78 is 3.80. The normalized spacial score (nSPS) is 21.1. The number of hydrogen-bond acceptors (Lipinski definition) is 4. The van der Waals surface area contributed by atoms with Crippen LogP contribution in [0.25, 0.3) is 0 Å². The van der Waals surface area contributed by atoms with Crippen molar-refractivity contribution in [3.05, 3.63) is 35.4 Å². The van der Waals surface area contributed by atoms with Crippen LogP contribution in [0, 0.1) is 13.8 Å². The highest BCUT2D eigenvalue weighted by atomic mass is 16.3. The number of β-amino-alcohol motifs (C(OH)–C–C–N with tert-alkyl or cyclic N) is 1. The summed E-state index contributed by atoms with van der Waals surface area (Å²) in [7, 11) is 0. The Morgan fingerprint density at radius 1 is 1.40 bits per heavy atom. The average Bonchev–Trinajstić information content (AvgIpc) is 3.13. The number of carbonyl (C=O) groups is 1. The predicted molar refractivity (Wildman–Crippen MR) is 94.4 cm³/mol. The molecule has 0 aromatic carbocycles. The van der Waals surface area contributed by atoms with Crippen LogP contribution in [0.1, 0.15) is 54.5 Å². The largest absolute Gasteiger partial charge is 0.386 e. The molecule has 1 saturated heterocycles. The molecule has 0 radical (unpaired) electrons. The molecule has 1 amide bonds. The molecule has 0 saturated carbocycles. The van der Waals surface area contributed by atoms with Gasteiger partial charge in [-0.2, -0.15) is 0 Å². The van der Waals surface area contributed by atoms with Crippen LogP contribution in [0.4, 0.5) is 0 Å². The van der Waals surface area contributed by atoms with Crippen molar-refractivity contribution in [3.63, 3.8) is 0 Å². The molecule has 1 aliphatic rings. The molecule has 25 heavy (non-hydrogen) atoms. The quantitative estimate of drug-likeness (QED) is 0.919. The third-order valence-corrected chi connectivity index (χ3v) is 5.00. The van der Waals surface area contributed by atoms with Crippen molar-refractivity contribution < 1.29 is 9.90 Å². The number of hydrogen-bond donors (Lipinski definition) is 1. The van der Waals surface area contributed by atoms with Crippen molar-refractivity contribution in [1.29, 1.82) is 0 Å². The fourth-order valence-electron chi connectivity index (χ4n) is 3.99. The zero-order valence-corrected chi connectivity index (χ0v) is 15.4. The van der Waals surface area contributed by atoms with Gasteiger partial charge in [0.15, 0.2) is 0 Å². The topological polar surface area (TPSA) is 76.2 Å². The van der Waals surface area contributed by atoms with Crippen LogP contribution < -0.4 is 0 Å².